The number of benzene rings is 1. The second-order valence-corrected chi connectivity index (χ2v) is 6.21. The predicted octanol–water partition coefficient (Wildman–Crippen LogP) is 2.38. The van der Waals surface area contributed by atoms with Gasteiger partial charge in [-0.05, 0) is 37.1 Å². The summed E-state index contributed by atoms with van der Waals surface area (Å²) in [5.41, 5.74) is -0.887. The molecule has 0 saturated carbocycles. The Hall–Kier alpha value is -2.58. The van der Waals surface area contributed by atoms with Gasteiger partial charge >= 0.3 is 12.1 Å². The Labute approximate surface area is 154 Å². The number of alkyl halides is 3. The fourth-order valence-electron chi connectivity index (χ4n) is 2.67. The fraction of sp³-hybridized carbons (Fsp3) is 0.500. The molecule has 27 heavy (non-hydrogen) atoms. The highest BCUT2D eigenvalue weighted by molar-refractivity contribution is 5.96. The average molecular weight is 386 g/mol. The highest BCUT2D eigenvalue weighted by Crippen LogP contribution is 2.29. The van der Waals surface area contributed by atoms with E-state index in [-0.39, 0.29) is 11.5 Å². The maximum absolute atomic E-state index is 12.5. The van der Waals surface area contributed by atoms with E-state index in [0.717, 1.165) is 49.9 Å². The standard InChI is InChI=1S/C18H21F3N2O4/c19-18(20,21)14-7-5-13(6-8-14)17(26)22-11-16(25)27-12-15(24)23-9-3-1-2-4-10-23/h5-8H,1-4,9-12H2,(H,22,26). The minimum atomic E-state index is -4.49. The SMILES string of the molecule is O=C(CNC(=O)c1ccc(C(F)(F)F)cc1)OCC(=O)N1CCCCCC1. The van der Waals surface area contributed by atoms with Gasteiger partial charge in [0.25, 0.3) is 11.8 Å². The van der Waals surface area contributed by atoms with Crippen LogP contribution in [0.15, 0.2) is 24.3 Å². The number of nitrogens with zero attached hydrogens (tertiary/aromatic N) is 1. The van der Waals surface area contributed by atoms with E-state index in [0.29, 0.717) is 13.1 Å². The molecule has 0 bridgehead atoms. The minimum Gasteiger partial charge on any atom is -0.454 e. The van der Waals surface area contributed by atoms with E-state index >= 15 is 0 Å². The molecule has 2 rings (SSSR count). The van der Waals surface area contributed by atoms with Crippen molar-refractivity contribution >= 4 is 17.8 Å². The minimum absolute atomic E-state index is 0.0172. The maximum Gasteiger partial charge on any atom is 0.416 e. The highest BCUT2D eigenvalue weighted by atomic mass is 19.4. The molecule has 0 unspecified atom stereocenters. The van der Waals surface area contributed by atoms with Gasteiger partial charge < -0.3 is 15.0 Å². The summed E-state index contributed by atoms with van der Waals surface area (Å²) in [6.45, 7) is 0.407. The first-order valence-corrected chi connectivity index (χ1v) is 8.66. The average Bonchev–Trinajstić information content (AvgIpc) is 2.93. The van der Waals surface area contributed by atoms with Gasteiger partial charge in [-0.2, -0.15) is 13.2 Å². The quantitative estimate of drug-likeness (QED) is 0.789. The van der Waals surface area contributed by atoms with Crippen LogP contribution in [0.3, 0.4) is 0 Å². The number of rotatable bonds is 5. The lowest BCUT2D eigenvalue weighted by molar-refractivity contribution is -0.151. The number of ether oxygens (including phenoxy) is 1. The summed E-state index contributed by atoms with van der Waals surface area (Å²) >= 11 is 0. The first kappa shape index (κ1) is 20.7. The van der Waals surface area contributed by atoms with Gasteiger partial charge in [0.1, 0.15) is 6.54 Å². The van der Waals surface area contributed by atoms with Gasteiger partial charge in [0.15, 0.2) is 6.61 Å². The van der Waals surface area contributed by atoms with E-state index in [9.17, 15) is 27.6 Å². The first-order chi connectivity index (χ1) is 12.8. The molecule has 1 aromatic rings. The van der Waals surface area contributed by atoms with E-state index in [1.54, 1.807) is 4.90 Å². The molecule has 1 aromatic carbocycles. The second-order valence-electron chi connectivity index (χ2n) is 6.21. The van der Waals surface area contributed by atoms with Crippen LogP contribution >= 0.6 is 0 Å². The van der Waals surface area contributed by atoms with Crippen LogP contribution in [0.5, 0.6) is 0 Å². The van der Waals surface area contributed by atoms with Crippen LogP contribution in [0.25, 0.3) is 0 Å². The molecule has 0 atom stereocenters. The lowest BCUT2D eigenvalue weighted by atomic mass is 10.1. The number of halogens is 3. The molecule has 1 aliphatic rings. The number of hydrogen-bond acceptors (Lipinski definition) is 4. The van der Waals surface area contributed by atoms with Gasteiger partial charge in [-0.15, -0.1) is 0 Å². The zero-order chi connectivity index (χ0) is 19.9. The fourth-order valence-corrected chi connectivity index (χ4v) is 2.67. The van der Waals surface area contributed by atoms with Crippen molar-refractivity contribution in [2.75, 3.05) is 26.2 Å². The van der Waals surface area contributed by atoms with E-state index in [2.05, 4.69) is 5.32 Å². The third kappa shape index (κ3) is 6.58. The number of esters is 1. The van der Waals surface area contributed by atoms with Gasteiger partial charge in [-0.3, -0.25) is 14.4 Å². The van der Waals surface area contributed by atoms with Crippen LogP contribution in [0.2, 0.25) is 0 Å². The number of carbonyl (C=O) groups is 3. The van der Waals surface area contributed by atoms with Crippen molar-refractivity contribution in [2.45, 2.75) is 31.9 Å². The lowest BCUT2D eigenvalue weighted by Gasteiger charge is -2.19. The third-order valence-electron chi connectivity index (χ3n) is 4.18. The normalized spacial score (nSPS) is 15.0. The molecular weight excluding hydrogens is 365 g/mol. The van der Waals surface area contributed by atoms with Gasteiger partial charge in [0, 0.05) is 18.7 Å². The van der Waals surface area contributed by atoms with Crippen molar-refractivity contribution in [2.24, 2.45) is 0 Å². The van der Waals surface area contributed by atoms with Crippen molar-refractivity contribution in [3.05, 3.63) is 35.4 Å². The van der Waals surface area contributed by atoms with E-state index in [1.807, 2.05) is 0 Å². The molecule has 1 aliphatic heterocycles. The van der Waals surface area contributed by atoms with Crippen LogP contribution in [0, 0.1) is 0 Å². The van der Waals surface area contributed by atoms with Crippen LogP contribution < -0.4 is 5.32 Å². The molecule has 6 nitrogen and oxygen atoms in total. The summed E-state index contributed by atoms with van der Waals surface area (Å²) < 4.78 is 42.3. The molecule has 0 aromatic heterocycles. The van der Waals surface area contributed by atoms with Crippen LogP contribution in [0.1, 0.15) is 41.6 Å². The number of hydrogen-bond donors (Lipinski definition) is 1. The summed E-state index contributed by atoms with van der Waals surface area (Å²) in [4.78, 5) is 37.2. The summed E-state index contributed by atoms with van der Waals surface area (Å²) in [7, 11) is 0. The van der Waals surface area contributed by atoms with Crippen LogP contribution in [-0.2, 0) is 20.5 Å². The maximum atomic E-state index is 12.5. The second kappa shape index (κ2) is 9.38. The molecule has 1 saturated heterocycles. The Bertz CT molecular complexity index is 666. The molecule has 9 heteroatoms. The lowest BCUT2D eigenvalue weighted by Crippen LogP contribution is -2.37. The zero-order valence-electron chi connectivity index (χ0n) is 14.7. The smallest absolute Gasteiger partial charge is 0.416 e. The Kier molecular flexibility index (Phi) is 7.20. The molecular formula is C18H21F3N2O4. The van der Waals surface area contributed by atoms with Crippen molar-refractivity contribution in [3.63, 3.8) is 0 Å². The molecule has 0 radical (unpaired) electrons. The summed E-state index contributed by atoms with van der Waals surface area (Å²) in [5.74, 6) is -1.78. The highest BCUT2D eigenvalue weighted by Gasteiger charge is 2.30. The van der Waals surface area contributed by atoms with Gasteiger partial charge in [-0.25, -0.2) is 0 Å². The first-order valence-electron chi connectivity index (χ1n) is 8.66. The molecule has 1 fully saturated rings. The number of carbonyl (C=O) groups excluding carboxylic acids is 3. The van der Waals surface area contributed by atoms with Crippen molar-refractivity contribution in [1.82, 2.24) is 10.2 Å². The number of likely N-dealkylation sites (tertiary alicyclic amines) is 1. The molecule has 1 heterocycles. The molecule has 148 valence electrons. The van der Waals surface area contributed by atoms with E-state index in [1.165, 1.54) is 0 Å². The van der Waals surface area contributed by atoms with Crippen molar-refractivity contribution in [3.8, 4) is 0 Å². The molecule has 0 spiro atoms. The number of amides is 2. The van der Waals surface area contributed by atoms with Crippen molar-refractivity contribution in [1.29, 1.82) is 0 Å². The Morgan fingerprint density at radius 1 is 1.00 bits per heavy atom. The Morgan fingerprint density at radius 2 is 1.59 bits per heavy atom. The van der Waals surface area contributed by atoms with Crippen molar-refractivity contribution < 1.29 is 32.3 Å². The molecule has 0 aliphatic carbocycles. The van der Waals surface area contributed by atoms with Gasteiger partial charge in [0.05, 0.1) is 5.56 Å². The summed E-state index contributed by atoms with van der Waals surface area (Å²) in [6.07, 6.45) is -0.510. The van der Waals surface area contributed by atoms with Crippen LogP contribution in [-0.4, -0.2) is 48.9 Å². The largest absolute Gasteiger partial charge is 0.454 e. The zero-order valence-corrected chi connectivity index (χ0v) is 14.7. The number of nitrogens with one attached hydrogen (secondary N) is 1. The van der Waals surface area contributed by atoms with Gasteiger partial charge in [0.2, 0.25) is 0 Å². The van der Waals surface area contributed by atoms with Gasteiger partial charge in [-0.1, -0.05) is 12.8 Å². The molecule has 2 amide bonds. The van der Waals surface area contributed by atoms with Crippen LogP contribution in [0.4, 0.5) is 13.2 Å². The third-order valence-corrected chi connectivity index (χ3v) is 4.18. The summed E-state index contributed by atoms with van der Waals surface area (Å²) in [5, 5.41) is 2.25. The topological polar surface area (TPSA) is 75.7 Å². The Balaban J connectivity index is 1.74. The van der Waals surface area contributed by atoms with E-state index < -0.39 is 36.8 Å². The molecule has 1 N–H and O–H groups in total. The summed E-state index contributed by atoms with van der Waals surface area (Å²) in [6, 6.07) is 3.61. The predicted molar refractivity (Wildman–Crippen MR) is 89.8 cm³/mol. The van der Waals surface area contributed by atoms with E-state index in [4.69, 9.17) is 4.74 Å². The Morgan fingerprint density at radius 3 is 2.15 bits per heavy atom. The monoisotopic (exact) mass is 386 g/mol.